The first-order chi connectivity index (χ1) is 9.49. The zero-order chi connectivity index (χ0) is 14.7. The lowest BCUT2D eigenvalue weighted by atomic mass is 9.98. The molecular weight excluding hydrogens is 256 g/mol. The fourth-order valence-electron chi connectivity index (χ4n) is 2.26. The number of pyridine rings is 1. The lowest BCUT2D eigenvalue weighted by molar-refractivity contribution is -0.383. The van der Waals surface area contributed by atoms with Crippen LogP contribution in [0, 0.1) is 16.0 Å². The molecule has 1 aromatic carbocycles. The fraction of sp³-hybridized carbons (Fsp3) is 0.333. The molecule has 0 fully saturated rings. The van der Waals surface area contributed by atoms with Crippen molar-refractivity contribution in [1.29, 1.82) is 0 Å². The number of ketones is 1. The first-order valence-corrected chi connectivity index (χ1v) is 6.51. The molecule has 5 nitrogen and oxygen atoms in total. The Hall–Kier alpha value is -2.30. The van der Waals surface area contributed by atoms with Crippen LogP contribution in [0.5, 0.6) is 0 Å². The quantitative estimate of drug-likeness (QED) is 0.618. The number of hydrogen-bond donors (Lipinski definition) is 0. The molecule has 0 saturated carbocycles. The molecule has 0 atom stereocenters. The average Bonchev–Trinajstić information content (AvgIpc) is 2.37. The number of hydrogen-bond acceptors (Lipinski definition) is 4. The van der Waals surface area contributed by atoms with Crippen molar-refractivity contribution in [3.63, 3.8) is 0 Å². The van der Waals surface area contributed by atoms with E-state index in [1.54, 1.807) is 18.2 Å². The maximum atomic E-state index is 11.9. The number of nitro benzene ring substituents is 1. The lowest BCUT2D eigenvalue weighted by Crippen LogP contribution is -2.07. The van der Waals surface area contributed by atoms with E-state index in [1.165, 1.54) is 12.3 Å². The molecule has 2 rings (SSSR count). The Morgan fingerprint density at radius 2 is 2.10 bits per heavy atom. The van der Waals surface area contributed by atoms with Crippen molar-refractivity contribution in [2.75, 3.05) is 0 Å². The summed E-state index contributed by atoms with van der Waals surface area (Å²) in [6.45, 7) is 3.99. The number of non-ortho nitro benzene ring substituents is 1. The number of Topliss-reactive ketones (excluding diaryl/α,β-unsaturated/α-hetero) is 1. The summed E-state index contributed by atoms with van der Waals surface area (Å²) >= 11 is 0. The van der Waals surface area contributed by atoms with Crippen LogP contribution in [0.25, 0.3) is 10.9 Å². The Kier molecular flexibility index (Phi) is 4.08. The third-order valence-electron chi connectivity index (χ3n) is 3.06. The van der Waals surface area contributed by atoms with Gasteiger partial charge >= 0.3 is 0 Å². The van der Waals surface area contributed by atoms with Gasteiger partial charge in [-0.3, -0.25) is 14.9 Å². The van der Waals surface area contributed by atoms with Crippen LogP contribution in [0.2, 0.25) is 0 Å². The van der Waals surface area contributed by atoms with Gasteiger partial charge in [-0.2, -0.15) is 0 Å². The van der Waals surface area contributed by atoms with Gasteiger partial charge in [-0.15, -0.1) is 0 Å². The van der Waals surface area contributed by atoms with Gasteiger partial charge in [0.2, 0.25) is 0 Å². The minimum Gasteiger partial charge on any atom is -0.299 e. The maximum Gasteiger partial charge on any atom is 0.295 e. The summed E-state index contributed by atoms with van der Waals surface area (Å²) in [6.07, 6.45) is 2.32. The molecule has 20 heavy (non-hydrogen) atoms. The summed E-state index contributed by atoms with van der Waals surface area (Å²) in [6, 6.07) is 6.57. The molecule has 0 bridgehead atoms. The van der Waals surface area contributed by atoms with Gasteiger partial charge in [-0.1, -0.05) is 26.0 Å². The second-order valence-electron chi connectivity index (χ2n) is 5.21. The highest BCUT2D eigenvalue weighted by Gasteiger charge is 2.15. The Balaban J connectivity index is 2.43. The number of para-hydroxylation sites is 1. The van der Waals surface area contributed by atoms with Gasteiger partial charge in [0.15, 0.2) is 0 Å². The van der Waals surface area contributed by atoms with E-state index in [2.05, 4.69) is 4.98 Å². The monoisotopic (exact) mass is 272 g/mol. The first kappa shape index (κ1) is 14.1. The topological polar surface area (TPSA) is 73.1 Å². The minimum absolute atomic E-state index is 0.0272. The zero-order valence-electron chi connectivity index (χ0n) is 11.5. The van der Waals surface area contributed by atoms with E-state index in [0.29, 0.717) is 29.7 Å². The van der Waals surface area contributed by atoms with Crippen LogP contribution in [0.1, 0.15) is 25.8 Å². The van der Waals surface area contributed by atoms with Gasteiger partial charge in [0.05, 0.1) is 4.92 Å². The van der Waals surface area contributed by atoms with Crippen LogP contribution in [0.4, 0.5) is 5.69 Å². The van der Waals surface area contributed by atoms with Crippen LogP contribution < -0.4 is 0 Å². The third-order valence-corrected chi connectivity index (χ3v) is 3.06. The van der Waals surface area contributed by atoms with Crippen molar-refractivity contribution < 1.29 is 9.72 Å². The van der Waals surface area contributed by atoms with Crippen LogP contribution in [0.15, 0.2) is 30.5 Å². The Morgan fingerprint density at radius 3 is 2.75 bits per heavy atom. The molecule has 0 radical (unpaired) electrons. The molecule has 2 aromatic rings. The predicted molar refractivity (Wildman–Crippen MR) is 76.6 cm³/mol. The molecule has 5 heteroatoms. The average molecular weight is 272 g/mol. The molecule has 0 N–H and O–H groups in total. The van der Waals surface area contributed by atoms with Crippen molar-refractivity contribution in [2.45, 2.75) is 26.7 Å². The summed E-state index contributed by atoms with van der Waals surface area (Å²) in [5, 5.41) is 11.7. The molecule has 1 aromatic heterocycles. The number of carbonyl (C=O) groups is 1. The van der Waals surface area contributed by atoms with Crippen molar-refractivity contribution in [3.05, 3.63) is 46.1 Å². The van der Waals surface area contributed by atoms with Gasteiger partial charge in [-0.05, 0) is 17.5 Å². The number of rotatable bonds is 5. The Bertz CT molecular complexity index is 665. The highest BCUT2D eigenvalue weighted by Crippen LogP contribution is 2.26. The van der Waals surface area contributed by atoms with E-state index in [4.69, 9.17) is 0 Å². The molecule has 0 saturated heterocycles. The molecular formula is C15H16N2O3. The number of aromatic nitrogens is 1. The smallest absolute Gasteiger partial charge is 0.295 e. The van der Waals surface area contributed by atoms with Gasteiger partial charge in [0.25, 0.3) is 5.69 Å². The van der Waals surface area contributed by atoms with Crippen molar-refractivity contribution in [1.82, 2.24) is 4.98 Å². The Labute approximate surface area is 116 Å². The summed E-state index contributed by atoms with van der Waals surface area (Å²) in [4.78, 5) is 26.6. The number of carbonyl (C=O) groups excluding carboxylic acids is 1. The van der Waals surface area contributed by atoms with Crippen LogP contribution in [-0.2, 0) is 11.2 Å². The standard InChI is InChI=1S/C15H16N2O3/c1-10(2)8-12(18)9-11-6-7-16-15-13(11)4-3-5-14(15)17(19)20/h3-7,10H,8-9H2,1-2H3. The molecule has 0 spiro atoms. The molecule has 0 amide bonds. The SMILES string of the molecule is CC(C)CC(=O)Cc1ccnc2c([N+](=O)[O-])cccc12. The number of nitro groups is 1. The largest absolute Gasteiger partial charge is 0.299 e. The number of benzene rings is 1. The van der Waals surface area contributed by atoms with Crippen molar-refractivity contribution in [2.24, 2.45) is 5.92 Å². The predicted octanol–water partition coefficient (Wildman–Crippen LogP) is 3.30. The van der Waals surface area contributed by atoms with Crippen LogP contribution in [-0.4, -0.2) is 15.7 Å². The third kappa shape index (κ3) is 2.99. The second kappa shape index (κ2) is 5.77. The fourth-order valence-corrected chi connectivity index (χ4v) is 2.26. The van der Waals surface area contributed by atoms with Crippen molar-refractivity contribution >= 4 is 22.4 Å². The second-order valence-corrected chi connectivity index (χ2v) is 5.21. The van der Waals surface area contributed by atoms with Gasteiger partial charge in [-0.25, -0.2) is 4.98 Å². The minimum atomic E-state index is -0.449. The zero-order valence-corrected chi connectivity index (χ0v) is 11.5. The van der Waals surface area contributed by atoms with E-state index in [0.717, 1.165) is 5.56 Å². The summed E-state index contributed by atoms with van der Waals surface area (Å²) in [5.41, 5.74) is 1.11. The summed E-state index contributed by atoms with van der Waals surface area (Å²) < 4.78 is 0. The molecule has 0 unspecified atom stereocenters. The molecule has 1 heterocycles. The number of fused-ring (bicyclic) bond motifs is 1. The molecule has 0 aliphatic rings. The highest BCUT2D eigenvalue weighted by atomic mass is 16.6. The maximum absolute atomic E-state index is 11.9. The van der Waals surface area contributed by atoms with Crippen molar-refractivity contribution in [3.8, 4) is 0 Å². The van der Waals surface area contributed by atoms with Crippen LogP contribution in [0.3, 0.4) is 0 Å². The Morgan fingerprint density at radius 1 is 1.35 bits per heavy atom. The first-order valence-electron chi connectivity index (χ1n) is 6.51. The summed E-state index contributed by atoms with van der Waals surface area (Å²) in [5.74, 6) is 0.448. The molecule has 0 aliphatic carbocycles. The van der Waals surface area contributed by atoms with Gasteiger partial charge in [0.1, 0.15) is 11.3 Å². The van der Waals surface area contributed by atoms with E-state index in [9.17, 15) is 14.9 Å². The molecule has 104 valence electrons. The van der Waals surface area contributed by atoms with E-state index < -0.39 is 4.92 Å². The van der Waals surface area contributed by atoms with Gasteiger partial charge < -0.3 is 0 Å². The highest BCUT2D eigenvalue weighted by molar-refractivity contribution is 5.93. The van der Waals surface area contributed by atoms with Gasteiger partial charge in [0, 0.05) is 30.5 Å². The number of nitrogens with zero attached hydrogens (tertiary/aromatic N) is 2. The van der Waals surface area contributed by atoms with Crippen LogP contribution >= 0.6 is 0 Å². The van der Waals surface area contributed by atoms with E-state index in [1.807, 2.05) is 13.8 Å². The normalized spacial score (nSPS) is 10.9. The van der Waals surface area contributed by atoms with E-state index in [-0.39, 0.29) is 11.5 Å². The summed E-state index contributed by atoms with van der Waals surface area (Å²) in [7, 11) is 0. The van der Waals surface area contributed by atoms with E-state index >= 15 is 0 Å². The lowest BCUT2D eigenvalue weighted by Gasteiger charge is -2.07. The molecule has 0 aliphatic heterocycles.